The molecular weight excluding hydrogens is 732 g/mol. The van der Waals surface area contributed by atoms with Gasteiger partial charge in [-0.25, -0.2) is 0 Å². The normalized spacial score (nSPS) is 15.7. The van der Waals surface area contributed by atoms with Gasteiger partial charge in [0.05, 0.1) is 13.7 Å². The van der Waals surface area contributed by atoms with Crippen LogP contribution in [0.15, 0.2) is 126 Å². The summed E-state index contributed by atoms with van der Waals surface area (Å²) in [6.45, 7) is 0.400. The molecular formula is C41H26Cl5NO3. The van der Waals surface area contributed by atoms with E-state index in [9.17, 15) is 0 Å². The van der Waals surface area contributed by atoms with Crippen molar-refractivity contribution in [3.05, 3.63) is 154 Å². The quantitative estimate of drug-likeness (QED) is 0.168. The first-order valence-electron chi connectivity index (χ1n) is 15.7. The summed E-state index contributed by atoms with van der Waals surface area (Å²) >= 11 is 27.6. The first-order chi connectivity index (χ1) is 24.2. The van der Waals surface area contributed by atoms with Gasteiger partial charge in [-0.05, 0) is 88.3 Å². The second-order valence-electron chi connectivity index (χ2n) is 12.1. The van der Waals surface area contributed by atoms with Crippen LogP contribution in [-0.4, -0.2) is 17.3 Å². The third kappa shape index (κ3) is 5.16. The Labute approximate surface area is 313 Å². The first kappa shape index (κ1) is 33.0. The van der Waals surface area contributed by atoms with E-state index in [1.165, 1.54) is 0 Å². The van der Waals surface area contributed by atoms with Crippen LogP contribution in [0.2, 0.25) is 10.0 Å². The van der Waals surface area contributed by atoms with Crippen LogP contribution in [0, 0.1) is 0 Å². The van der Waals surface area contributed by atoms with Gasteiger partial charge in [0.1, 0.15) is 22.5 Å². The standard InChI is InChI=1S/C40H25Cl2NO3.CHCl3/c1-45-28-16-17-30-31-19-25-9-5-6-10-29(25)38-35(31)36(37(46-38)24-11-13-26(41)14-12-24)40(32(30)21-28)33-20-27(42)15-18-34(33)43(39(40)44)22-23-7-3-2-4-8-23;2-1(3)4/h2-21H,22H2,1H3;1H/t40-;/m0./s1. The smallest absolute Gasteiger partial charge is 0.247 e. The van der Waals surface area contributed by atoms with Crippen molar-refractivity contribution in [2.75, 3.05) is 12.0 Å². The largest absolute Gasteiger partial charge is 0.497 e. The zero-order valence-corrected chi connectivity index (χ0v) is 30.2. The third-order valence-electron chi connectivity index (χ3n) is 9.49. The summed E-state index contributed by atoms with van der Waals surface area (Å²) in [6, 6.07) is 39.9. The minimum atomic E-state index is -1.28. The van der Waals surface area contributed by atoms with Crippen LogP contribution in [0.25, 0.3) is 44.2 Å². The van der Waals surface area contributed by atoms with Gasteiger partial charge in [-0.1, -0.05) is 119 Å². The maximum Gasteiger partial charge on any atom is 0.247 e. The number of methoxy groups -OCH3 is 1. The van der Waals surface area contributed by atoms with Gasteiger partial charge in [0.25, 0.3) is 0 Å². The van der Waals surface area contributed by atoms with Crippen LogP contribution in [0.5, 0.6) is 5.75 Å². The molecule has 4 nitrogen and oxygen atoms in total. The SMILES string of the molecule is COc1ccc2c(c1)[C@@]1(C(=O)N(Cc3ccccc3)c3ccc(Cl)cc31)c1c(-c3ccc(Cl)cc3)oc3c1c-2cc1ccccc13.ClC(Cl)Cl. The molecule has 0 radical (unpaired) electrons. The molecule has 1 amide bonds. The topological polar surface area (TPSA) is 42.7 Å². The molecule has 248 valence electrons. The lowest BCUT2D eigenvalue weighted by atomic mass is 9.63. The van der Waals surface area contributed by atoms with E-state index in [1.807, 2.05) is 102 Å². The molecule has 2 heterocycles. The zero-order valence-electron chi connectivity index (χ0n) is 26.4. The minimum absolute atomic E-state index is 0.0696. The van der Waals surface area contributed by atoms with Crippen molar-refractivity contribution in [3.8, 4) is 28.2 Å². The van der Waals surface area contributed by atoms with Crippen molar-refractivity contribution >= 4 is 91.3 Å². The molecule has 0 saturated carbocycles. The van der Waals surface area contributed by atoms with Gasteiger partial charge < -0.3 is 14.1 Å². The molecule has 9 heteroatoms. The van der Waals surface area contributed by atoms with Gasteiger partial charge in [0, 0.05) is 43.2 Å². The van der Waals surface area contributed by atoms with Crippen LogP contribution < -0.4 is 9.64 Å². The Kier molecular flexibility index (Phi) is 8.49. The highest BCUT2D eigenvalue weighted by atomic mass is 35.6. The number of benzene rings is 6. The number of fused-ring (bicyclic) bond motifs is 8. The molecule has 1 aliphatic carbocycles. The fraction of sp³-hybridized carbons (Fsp3) is 0.0976. The third-order valence-corrected chi connectivity index (χ3v) is 9.98. The van der Waals surface area contributed by atoms with Gasteiger partial charge in [-0.3, -0.25) is 4.79 Å². The van der Waals surface area contributed by atoms with Crippen molar-refractivity contribution in [3.63, 3.8) is 0 Å². The number of hydrogen-bond donors (Lipinski definition) is 0. The summed E-state index contributed by atoms with van der Waals surface area (Å²) in [5.41, 5.74) is 6.53. The molecule has 7 aromatic rings. The Morgan fingerprint density at radius 3 is 2.20 bits per heavy atom. The van der Waals surface area contributed by atoms with Crippen LogP contribution in [0.3, 0.4) is 0 Å². The molecule has 6 aromatic carbocycles. The highest BCUT2D eigenvalue weighted by Crippen LogP contribution is 2.62. The number of furan rings is 1. The van der Waals surface area contributed by atoms with Crippen LogP contribution >= 0.6 is 58.0 Å². The van der Waals surface area contributed by atoms with E-state index in [0.29, 0.717) is 28.1 Å². The molecule has 0 N–H and O–H groups in total. The Balaban J connectivity index is 0.000000859. The summed E-state index contributed by atoms with van der Waals surface area (Å²) in [5.74, 6) is 1.21. The molecule has 1 atom stereocenters. The molecule has 2 aliphatic rings. The second kappa shape index (κ2) is 12.9. The van der Waals surface area contributed by atoms with Gasteiger partial charge in [0.15, 0.2) is 4.30 Å². The Hall–Kier alpha value is -4.16. The fourth-order valence-electron chi connectivity index (χ4n) is 7.54. The highest BCUT2D eigenvalue weighted by Gasteiger charge is 2.59. The molecule has 1 aliphatic heterocycles. The number of halogens is 5. The molecule has 9 rings (SSSR count). The van der Waals surface area contributed by atoms with Crippen molar-refractivity contribution in [2.24, 2.45) is 0 Å². The number of alkyl halides is 3. The van der Waals surface area contributed by atoms with Crippen molar-refractivity contribution in [1.82, 2.24) is 0 Å². The summed E-state index contributed by atoms with van der Waals surface area (Å²) in [7, 11) is 1.65. The molecule has 0 bridgehead atoms. The van der Waals surface area contributed by atoms with Crippen LogP contribution in [0.1, 0.15) is 22.3 Å². The zero-order chi connectivity index (χ0) is 34.7. The van der Waals surface area contributed by atoms with Gasteiger partial charge in [-0.15, -0.1) is 0 Å². The number of rotatable bonds is 4. The predicted octanol–water partition coefficient (Wildman–Crippen LogP) is 12.4. The highest BCUT2D eigenvalue weighted by molar-refractivity contribution is 6.63. The van der Waals surface area contributed by atoms with Gasteiger partial charge >= 0.3 is 0 Å². The maximum absolute atomic E-state index is 15.6. The summed E-state index contributed by atoms with van der Waals surface area (Å²) in [6.07, 6.45) is 0. The van der Waals surface area contributed by atoms with Crippen molar-refractivity contribution in [2.45, 2.75) is 16.3 Å². The number of nitrogens with zero attached hydrogens (tertiary/aromatic N) is 1. The van der Waals surface area contributed by atoms with E-state index in [2.05, 4.69) is 24.3 Å². The minimum Gasteiger partial charge on any atom is -0.497 e. The maximum atomic E-state index is 15.6. The summed E-state index contributed by atoms with van der Waals surface area (Å²) in [5, 5.41) is 4.12. The Morgan fingerprint density at radius 2 is 1.46 bits per heavy atom. The lowest BCUT2D eigenvalue weighted by molar-refractivity contribution is -0.120. The van der Waals surface area contributed by atoms with Crippen molar-refractivity contribution < 1.29 is 13.9 Å². The van der Waals surface area contributed by atoms with Gasteiger partial charge in [0.2, 0.25) is 5.91 Å². The molecule has 0 saturated heterocycles. The lowest BCUT2D eigenvalue weighted by Gasteiger charge is -2.36. The number of carbonyl (C=O) groups excluding carboxylic acids is 1. The summed E-state index contributed by atoms with van der Waals surface area (Å²) < 4.78 is 12.0. The number of amides is 1. The fourth-order valence-corrected chi connectivity index (χ4v) is 7.83. The van der Waals surface area contributed by atoms with E-state index in [4.69, 9.17) is 67.2 Å². The predicted molar refractivity (Wildman–Crippen MR) is 206 cm³/mol. The Morgan fingerprint density at radius 1 is 0.760 bits per heavy atom. The molecule has 1 spiro atoms. The molecule has 1 aromatic heterocycles. The van der Waals surface area contributed by atoms with E-state index in [-0.39, 0.29) is 5.91 Å². The molecule has 0 fully saturated rings. The van der Waals surface area contributed by atoms with Crippen molar-refractivity contribution in [1.29, 1.82) is 0 Å². The van der Waals surface area contributed by atoms with Crippen LogP contribution in [0.4, 0.5) is 5.69 Å². The Bertz CT molecular complexity index is 2440. The monoisotopic (exact) mass is 755 g/mol. The average molecular weight is 758 g/mol. The lowest BCUT2D eigenvalue weighted by Crippen LogP contribution is -2.43. The van der Waals surface area contributed by atoms with Gasteiger partial charge in [-0.2, -0.15) is 0 Å². The van der Waals surface area contributed by atoms with E-state index < -0.39 is 9.71 Å². The first-order valence-corrected chi connectivity index (χ1v) is 17.8. The van der Waals surface area contributed by atoms with E-state index in [1.54, 1.807) is 7.11 Å². The molecule has 50 heavy (non-hydrogen) atoms. The van der Waals surface area contributed by atoms with E-state index >= 15 is 4.79 Å². The molecule has 0 unspecified atom stereocenters. The summed E-state index contributed by atoms with van der Waals surface area (Å²) in [4.78, 5) is 17.5. The number of ether oxygens (including phenoxy) is 1. The number of anilines is 1. The number of carbonyl (C=O) groups is 1. The second-order valence-corrected chi connectivity index (χ2v) is 15.0. The van der Waals surface area contributed by atoms with E-state index in [0.717, 1.165) is 66.4 Å². The average Bonchev–Trinajstić information content (AvgIpc) is 3.62. The van der Waals surface area contributed by atoms with Crippen LogP contribution in [-0.2, 0) is 16.8 Å². The number of hydrogen-bond acceptors (Lipinski definition) is 3.